The fourth-order valence-electron chi connectivity index (χ4n) is 4.34. The van der Waals surface area contributed by atoms with E-state index < -0.39 is 0 Å². The minimum Gasteiger partial charge on any atom is -0.494 e. The second-order valence-electron chi connectivity index (χ2n) is 7.99. The first-order chi connectivity index (χ1) is 14.2. The average molecular weight is 395 g/mol. The molecule has 3 heterocycles. The van der Waals surface area contributed by atoms with Crippen LogP contribution in [0.5, 0.6) is 5.75 Å². The lowest BCUT2D eigenvalue weighted by Gasteiger charge is -2.43. The smallest absolute Gasteiger partial charge is 0.408 e. The lowest BCUT2D eigenvalue weighted by Crippen LogP contribution is -2.52. The number of amides is 1. The van der Waals surface area contributed by atoms with E-state index in [4.69, 9.17) is 9.47 Å². The van der Waals surface area contributed by atoms with Crippen LogP contribution in [-0.4, -0.2) is 43.3 Å². The van der Waals surface area contributed by atoms with Gasteiger partial charge in [-0.2, -0.15) is 0 Å². The van der Waals surface area contributed by atoms with Gasteiger partial charge in [-0.05, 0) is 61.5 Å². The minimum atomic E-state index is -0.350. The van der Waals surface area contributed by atoms with E-state index in [1.807, 2.05) is 54.6 Å². The maximum absolute atomic E-state index is 12.8. The van der Waals surface area contributed by atoms with Gasteiger partial charge >= 0.3 is 6.09 Å². The summed E-state index contributed by atoms with van der Waals surface area (Å²) in [4.78, 5) is 15.2. The highest BCUT2D eigenvalue weighted by molar-refractivity contribution is 5.69. The van der Waals surface area contributed by atoms with E-state index in [-0.39, 0.29) is 18.2 Å². The molecule has 2 aromatic carbocycles. The molecule has 0 aliphatic carbocycles. The Labute approximate surface area is 173 Å². The number of rotatable bonds is 7. The van der Waals surface area contributed by atoms with E-state index >= 15 is 0 Å². The fraction of sp³-hybridized carbons (Fsp3) is 0.458. The number of carbonyl (C=O) groups excluding carboxylic acids is 1. The van der Waals surface area contributed by atoms with E-state index in [2.05, 4.69) is 17.1 Å². The van der Waals surface area contributed by atoms with Gasteiger partial charge in [0.05, 0.1) is 12.6 Å². The third kappa shape index (κ3) is 4.91. The van der Waals surface area contributed by atoms with Crippen molar-refractivity contribution >= 4 is 6.09 Å². The van der Waals surface area contributed by atoms with Gasteiger partial charge in [0.2, 0.25) is 0 Å². The van der Waals surface area contributed by atoms with E-state index in [0.29, 0.717) is 12.5 Å². The maximum atomic E-state index is 12.8. The molecule has 0 aromatic heterocycles. The summed E-state index contributed by atoms with van der Waals surface area (Å²) in [5.41, 5.74) is 2.00. The summed E-state index contributed by atoms with van der Waals surface area (Å²) in [6, 6.07) is 17.7. The van der Waals surface area contributed by atoms with Crippen molar-refractivity contribution in [2.24, 2.45) is 5.92 Å². The Kier molecular flexibility index (Phi) is 6.35. The molecule has 154 valence electrons. The van der Waals surface area contributed by atoms with E-state index in [1.54, 1.807) is 0 Å². The average Bonchev–Trinajstić information content (AvgIpc) is 2.78. The molecule has 0 spiro atoms. The zero-order valence-corrected chi connectivity index (χ0v) is 17.0. The Balaban J connectivity index is 1.50. The van der Waals surface area contributed by atoms with E-state index in [1.165, 1.54) is 0 Å². The first-order valence-corrected chi connectivity index (χ1v) is 10.7. The molecule has 5 heteroatoms. The highest BCUT2D eigenvalue weighted by atomic mass is 16.6. The monoisotopic (exact) mass is 394 g/mol. The molecule has 3 saturated heterocycles. The van der Waals surface area contributed by atoms with Gasteiger partial charge in [-0.3, -0.25) is 4.90 Å². The molecular formula is C24H30N2O3. The highest BCUT2D eigenvalue weighted by Gasteiger charge is 2.36. The Morgan fingerprint density at radius 2 is 1.86 bits per heavy atom. The molecule has 3 fully saturated rings. The Morgan fingerprint density at radius 3 is 2.55 bits per heavy atom. The van der Waals surface area contributed by atoms with Crippen LogP contribution in [0.4, 0.5) is 4.79 Å². The molecule has 2 atom stereocenters. The van der Waals surface area contributed by atoms with E-state index in [0.717, 1.165) is 55.8 Å². The molecule has 2 aromatic rings. The van der Waals surface area contributed by atoms with Crippen LogP contribution in [0, 0.1) is 5.92 Å². The summed E-state index contributed by atoms with van der Waals surface area (Å²) >= 11 is 0. The quantitative estimate of drug-likeness (QED) is 0.757. The number of hydrogen-bond donors (Lipinski definition) is 1. The van der Waals surface area contributed by atoms with Crippen molar-refractivity contribution in [3.05, 3.63) is 65.7 Å². The molecule has 29 heavy (non-hydrogen) atoms. The minimum absolute atomic E-state index is 0.00635. The van der Waals surface area contributed by atoms with Gasteiger partial charge in [0, 0.05) is 6.54 Å². The molecular weight excluding hydrogens is 364 g/mol. The van der Waals surface area contributed by atoms with Crippen LogP contribution < -0.4 is 10.1 Å². The van der Waals surface area contributed by atoms with Gasteiger partial charge in [-0.15, -0.1) is 0 Å². The van der Waals surface area contributed by atoms with Crippen LogP contribution in [0.2, 0.25) is 0 Å². The van der Waals surface area contributed by atoms with Crippen LogP contribution in [0.1, 0.15) is 43.4 Å². The number of hydrogen-bond acceptors (Lipinski definition) is 4. The maximum Gasteiger partial charge on any atom is 0.408 e. The Morgan fingerprint density at radius 1 is 1.10 bits per heavy atom. The number of carbonyl (C=O) groups is 1. The van der Waals surface area contributed by atoms with Crippen LogP contribution in [-0.2, 0) is 4.74 Å². The number of nitrogens with one attached hydrogen (secondary N) is 1. The van der Waals surface area contributed by atoms with Gasteiger partial charge in [0.25, 0.3) is 0 Å². The molecule has 0 saturated carbocycles. The molecule has 0 radical (unpaired) electrons. The Hall–Kier alpha value is -2.53. The van der Waals surface area contributed by atoms with Crippen molar-refractivity contribution in [1.29, 1.82) is 0 Å². The van der Waals surface area contributed by atoms with Gasteiger partial charge < -0.3 is 14.8 Å². The number of nitrogens with zero attached hydrogens (tertiary/aromatic N) is 1. The van der Waals surface area contributed by atoms with Gasteiger partial charge in [0.15, 0.2) is 0 Å². The third-order valence-electron chi connectivity index (χ3n) is 5.91. The summed E-state index contributed by atoms with van der Waals surface area (Å²) in [5, 5.41) is 3.10. The van der Waals surface area contributed by atoms with Crippen LogP contribution >= 0.6 is 0 Å². The largest absolute Gasteiger partial charge is 0.494 e. The normalized spacial score (nSPS) is 24.0. The number of piperidine rings is 3. The SMILES string of the molecule is CCCOc1cccc(C(NC(=O)O[C@H]2CN3CCC2CC3)c2ccccc2)c1. The van der Waals surface area contributed by atoms with Crippen LogP contribution in [0.3, 0.4) is 0 Å². The standard InChI is InChI=1S/C24H30N2O3/c1-2-15-28-21-10-6-9-20(16-21)23(19-7-4-3-5-8-19)25-24(27)29-22-17-26-13-11-18(22)12-14-26/h3-10,16,18,22-23H,2,11-15,17H2,1H3,(H,25,27)/t22-,23?/m0/s1. The summed E-state index contributed by atoms with van der Waals surface area (Å²) in [5.74, 6) is 1.31. The van der Waals surface area contributed by atoms with Crippen molar-refractivity contribution in [2.75, 3.05) is 26.2 Å². The first kappa shape index (κ1) is 19.8. The number of fused-ring (bicyclic) bond motifs is 3. The number of ether oxygens (including phenoxy) is 2. The molecule has 5 rings (SSSR count). The highest BCUT2D eigenvalue weighted by Crippen LogP contribution is 2.30. The topological polar surface area (TPSA) is 50.8 Å². The van der Waals surface area contributed by atoms with Crippen molar-refractivity contribution in [3.8, 4) is 5.75 Å². The second kappa shape index (κ2) is 9.31. The summed E-state index contributed by atoms with van der Waals surface area (Å²) < 4.78 is 11.7. The molecule has 3 aliphatic rings. The summed E-state index contributed by atoms with van der Waals surface area (Å²) in [7, 11) is 0. The van der Waals surface area contributed by atoms with E-state index in [9.17, 15) is 4.79 Å². The van der Waals surface area contributed by atoms with Gasteiger partial charge in [-0.1, -0.05) is 49.4 Å². The zero-order valence-electron chi connectivity index (χ0n) is 17.0. The van der Waals surface area contributed by atoms with Crippen molar-refractivity contribution < 1.29 is 14.3 Å². The molecule has 1 unspecified atom stereocenters. The zero-order chi connectivity index (χ0) is 20.1. The predicted octanol–water partition coefficient (Wildman–Crippen LogP) is 4.39. The van der Waals surface area contributed by atoms with Crippen molar-refractivity contribution in [3.63, 3.8) is 0 Å². The number of benzene rings is 2. The van der Waals surface area contributed by atoms with Crippen molar-refractivity contribution in [1.82, 2.24) is 10.2 Å². The lowest BCUT2D eigenvalue weighted by molar-refractivity contribution is -0.0336. The third-order valence-corrected chi connectivity index (χ3v) is 5.91. The lowest BCUT2D eigenvalue weighted by atomic mass is 9.86. The molecule has 2 bridgehead atoms. The van der Waals surface area contributed by atoms with Crippen LogP contribution in [0.15, 0.2) is 54.6 Å². The fourth-order valence-corrected chi connectivity index (χ4v) is 4.34. The summed E-state index contributed by atoms with van der Waals surface area (Å²) in [6.07, 6.45) is 2.84. The predicted molar refractivity (Wildman–Crippen MR) is 113 cm³/mol. The molecule has 3 aliphatic heterocycles. The van der Waals surface area contributed by atoms with Gasteiger partial charge in [-0.25, -0.2) is 4.79 Å². The van der Waals surface area contributed by atoms with Gasteiger partial charge in [0.1, 0.15) is 11.9 Å². The van der Waals surface area contributed by atoms with Crippen LogP contribution in [0.25, 0.3) is 0 Å². The first-order valence-electron chi connectivity index (χ1n) is 10.7. The molecule has 1 N–H and O–H groups in total. The summed E-state index contributed by atoms with van der Waals surface area (Å²) in [6.45, 7) is 5.87. The van der Waals surface area contributed by atoms with Crippen molar-refractivity contribution in [2.45, 2.75) is 38.3 Å². The number of alkyl carbamates (subject to hydrolysis) is 1. The molecule has 5 nitrogen and oxygen atoms in total. The Bertz CT molecular complexity index is 803. The second-order valence-corrected chi connectivity index (χ2v) is 7.99. The molecule has 1 amide bonds.